The van der Waals surface area contributed by atoms with Gasteiger partial charge in [-0.2, -0.15) is 0 Å². The minimum absolute atomic E-state index is 0.133. The molecule has 3 N–H and O–H groups in total. The van der Waals surface area contributed by atoms with Crippen LogP contribution >= 0.6 is 0 Å². The van der Waals surface area contributed by atoms with E-state index in [0.29, 0.717) is 0 Å². The van der Waals surface area contributed by atoms with Crippen molar-refractivity contribution < 1.29 is 9.90 Å². The Kier molecular flexibility index (Phi) is 4.83. The zero-order chi connectivity index (χ0) is 16.2. The summed E-state index contributed by atoms with van der Waals surface area (Å²) >= 11 is 0. The van der Waals surface area contributed by atoms with Crippen LogP contribution in [0.25, 0.3) is 0 Å². The number of rotatable bonds is 4. The zero-order valence-electron chi connectivity index (χ0n) is 13.2. The van der Waals surface area contributed by atoms with Crippen molar-refractivity contribution in [1.29, 1.82) is 0 Å². The molecule has 0 aliphatic carbocycles. The lowest BCUT2D eigenvalue weighted by Crippen LogP contribution is -2.40. The summed E-state index contributed by atoms with van der Waals surface area (Å²) < 4.78 is 0. The minimum Gasteiger partial charge on any atom is -0.384 e. The summed E-state index contributed by atoms with van der Waals surface area (Å²) in [5, 5.41) is 16.0. The number of hydrogen-bond acceptors (Lipinski definition) is 2. The number of benzene rings is 2. The predicted octanol–water partition coefficient (Wildman–Crippen LogP) is 3.33. The average Bonchev–Trinajstić information content (AvgIpc) is 2.50. The van der Waals surface area contributed by atoms with Crippen molar-refractivity contribution in [2.24, 2.45) is 0 Å². The van der Waals surface area contributed by atoms with Gasteiger partial charge in [0.15, 0.2) is 0 Å². The molecule has 116 valence electrons. The van der Waals surface area contributed by atoms with Crippen molar-refractivity contribution in [1.82, 2.24) is 5.32 Å². The first-order valence-electron chi connectivity index (χ1n) is 7.28. The molecule has 0 radical (unpaired) electrons. The van der Waals surface area contributed by atoms with E-state index >= 15 is 0 Å². The van der Waals surface area contributed by atoms with Crippen LogP contribution in [-0.2, 0) is 5.60 Å². The smallest absolute Gasteiger partial charge is 0.319 e. The van der Waals surface area contributed by atoms with Gasteiger partial charge in [-0.25, -0.2) is 4.79 Å². The molecule has 2 rings (SSSR count). The Hall–Kier alpha value is -2.33. The number of carbonyl (C=O) groups excluding carboxylic acids is 1. The highest BCUT2D eigenvalue weighted by molar-refractivity contribution is 5.90. The number of amides is 2. The normalized spacial score (nSPS) is 13.3. The molecule has 0 saturated heterocycles. The number of anilines is 1. The van der Waals surface area contributed by atoms with Crippen LogP contribution in [0.15, 0.2) is 48.5 Å². The summed E-state index contributed by atoms with van der Waals surface area (Å²) in [7, 11) is 0. The van der Waals surface area contributed by atoms with Crippen LogP contribution in [-0.4, -0.2) is 17.7 Å². The molecular weight excluding hydrogens is 276 g/mol. The molecule has 0 fully saturated rings. The van der Waals surface area contributed by atoms with Crippen molar-refractivity contribution in [2.75, 3.05) is 11.9 Å². The second kappa shape index (κ2) is 6.62. The summed E-state index contributed by atoms with van der Waals surface area (Å²) in [5.41, 5.74) is 2.51. The number of hydrogen-bond donors (Lipinski definition) is 3. The molecule has 1 atom stereocenters. The Labute approximate surface area is 131 Å². The monoisotopic (exact) mass is 298 g/mol. The number of urea groups is 1. The predicted molar refractivity (Wildman–Crippen MR) is 89.0 cm³/mol. The number of aliphatic hydroxyl groups is 1. The third-order valence-electron chi connectivity index (χ3n) is 3.63. The average molecular weight is 298 g/mol. The lowest BCUT2D eigenvalue weighted by Gasteiger charge is -2.24. The largest absolute Gasteiger partial charge is 0.384 e. The van der Waals surface area contributed by atoms with Gasteiger partial charge < -0.3 is 15.7 Å². The summed E-state index contributed by atoms with van der Waals surface area (Å²) in [4.78, 5) is 12.0. The van der Waals surface area contributed by atoms with Gasteiger partial charge in [0.05, 0.1) is 6.54 Å². The highest BCUT2D eigenvalue weighted by Crippen LogP contribution is 2.19. The molecule has 0 aliphatic rings. The van der Waals surface area contributed by atoms with Gasteiger partial charge in [-0.15, -0.1) is 0 Å². The topological polar surface area (TPSA) is 61.4 Å². The van der Waals surface area contributed by atoms with Crippen molar-refractivity contribution in [3.05, 3.63) is 65.2 Å². The van der Waals surface area contributed by atoms with Gasteiger partial charge in [0.2, 0.25) is 0 Å². The van der Waals surface area contributed by atoms with E-state index in [9.17, 15) is 9.90 Å². The van der Waals surface area contributed by atoms with Crippen LogP contribution in [0.4, 0.5) is 10.5 Å². The molecule has 22 heavy (non-hydrogen) atoms. The first-order chi connectivity index (χ1) is 10.4. The molecule has 0 heterocycles. The molecule has 4 heteroatoms. The molecule has 2 aromatic rings. The fourth-order valence-corrected chi connectivity index (χ4v) is 2.19. The van der Waals surface area contributed by atoms with Crippen LogP contribution in [0.1, 0.15) is 23.6 Å². The van der Waals surface area contributed by atoms with Gasteiger partial charge in [-0.05, 0) is 43.5 Å². The van der Waals surface area contributed by atoms with Crippen molar-refractivity contribution >= 4 is 11.7 Å². The van der Waals surface area contributed by atoms with Crippen molar-refractivity contribution in [3.8, 4) is 0 Å². The van der Waals surface area contributed by atoms with Gasteiger partial charge >= 0.3 is 6.03 Å². The van der Waals surface area contributed by atoms with E-state index in [2.05, 4.69) is 10.6 Å². The van der Waals surface area contributed by atoms with Gasteiger partial charge in [-0.1, -0.05) is 42.5 Å². The van der Waals surface area contributed by atoms with Gasteiger partial charge in [0.1, 0.15) is 5.60 Å². The lowest BCUT2D eigenvalue weighted by atomic mass is 9.96. The van der Waals surface area contributed by atoms with E-state index < -0.39 is 5.60 Å². The Morgan fingerprint density at radius 1 is 1.14 bits per heavy atom. The van der Waals surface area contributed by atoms with Gasteiger partial charge in [-0.3, -0.25) is 0 Å². The summed E-state index contributed by atoms with van der Waals surface area (Å²) in [6, 6.07) is 14.8. The zero-order valence-corrected chi connectivity index (χ0v) is 13.2. The summed E-state index contributed by atoms with van der Waals surface area (Å²) in [5.74, 6) is 0. The maximum Gasteiger partial charge on any atom is 0.319 e. The number of aryl methyl sites for hydroxylation is 2. The first kappa shape index (κ1) is 16.0. The van der Waals surface area contributed by atoms with Crippen LogP contribution in [0, 0.1) is 13.8 Å². The van der Waals surface area contributed by atoms with Crippen LogP contribution in [0.3, 0.4) is 0 Å². The molecule has 0 aromatic heterocycles. The van der Waals surface area contributed by atoms with Crippen LogP contribution in [0.5, 0.6) is 0 Å². The standard InChI is InChI=1S/C18H22N2O2/c1-13-9-10-14(2)16(11-13)20-17(21)19-12-18(3,22)15-7-5-4-6-8-15/h4-11,22H,12H2,1-3H3,(H2,19,20,21). The second-order valence-electron chi connectivity index (χ2n) is 5.77. The van der Waals surface area contributed by atoms with Crippen LogP contribution in [0.2, 0.25) is 0 Å². The fraction of sp³-hybridized carbons (Fsp3) is 0.278. The molecular formula is C18H22N2O2. The highest BCUT2D eigenvalue weighted by Gasteiger charge is 2.23. The molecule has 0 saturated carbocycles. The second-order valence-corrected chi connectivity index (χ2v) is 5.77. The summed E-state index contributed by atoms with van der Waals surface area (Å²) in [6.45, 7) is 5.73. The minimum atomic E-state index is -1.11. The SMILES string of the molecule is Cc1ccc(C)c(NC(=O)NCC(C)(O)c2ccccc2)c1. The Morgan fingerprint density at radius 3 is 2.50 bits per heavy atom. The summed E-state index contributed by atoms with van der Waals surface area (Å²) in [6.07, 6.45) is 0. The molecule has 0 aliphatic heterocycles. The molecule has 1 unspecified atom stereocenters. The quantitative estimate of drug-likeness (QED) is 0.810. The lowest BCUT2D eigenvalue weighted by molar-refractivity contribution is 0.0599. The van der Waals surface area contributed by atoms with Gasteiger partial charge in [0.25, 0.3) is 0 Å². The molecule has 0 spiro atoms. The maximum absolute atomic E-state index is 12.0. The molecule has 4 nitrogen and oxygen atoms in total. The Morgan fingerprint density at radius 2 is 1.82 bits per heavy atom. The van der Waals surface area contributed by atoms with Crippen molar-refractivity contribution in [3.63, 3.8) is 0 Å². The van der Waals surface area contributed by atoms with Crippen LogP contribution < -0.4 is 10.6 Å². The molecule has 2 amide bonds. The van der Waals surface area contributed by atoms with E-state index in [0.717, 1.165) is 22.4 Å². The maximum atomic E-state index is 12.0. The third-order valence-corrected chi connectivity index (χ3v) is 3.63. The van der Waals surface area contributed by atoms with Crippen molar-refractivity contribution in [2.45, 2.75) is 26.4 Å². The number of nitrogens with one attached hydrogen (secondary N) is 2. The molecule has 2 aromatic carbocycles. The van der Waals surface area contributed by atoms with E-state index in [-0.39, 0.29) is 12.6 Å². The van der Waals surface area contributed by atoms with Gasteiger partial charge in [0, 0.05) is 5.69 Å². The van der Waals surface area contributed by atoms with E-state index in [1.54, 1.807) is 6.92 Å². The number of carbonyl (C=O) groups is 1. The van der Waals surface area contributed by atoms with E-state index in [1.165, 1.54) is 0 Å². The highest BCUT2D eigenvalue weighted by atomic mass is 16.3. The fourth-order valence-electron chi connectivity index (χ4n) is 2.19. The molecule has 0 bridgehead atoms. The third kappa shape index (κ3) is 4.09. The first-order valence-corrected chi connectivity index (χ1v) is 7.28. The van der Waals surface area contributed by atoms with E-state index in [4.69, 9.17) is 0 Å². The van der Waals surface area contributed by atoms with E-state index in [1.807, 2.05) is 62.4 Å². The Balaban J connectivity index is 1.97. The Bertz CT molecular complexity index is 651.